The minimum Gasteiger partial charge on any atom is -0.481 e. The highest BCUT2D eigenvalue weighted by atomic mass is 16.5. The Kier molecular flexibility index (Phi) is 14.2. The Hall–Kier alpha value is -2.76. The molecule has 0 saturated heterocycles. The van der Waals surface area contributed by atoms with Crippen molar-refractivity contribution < 1.29 is 54.6 Å². The summed E-state index contributed by atoms with van der Waals surface area (Å²) < 4.78 is 5.84. The molecule has 0 fully saturated rings. The van der Waals surface area contributed by atoms with Crippen molar-refractivity contribution in [2.45, 2.75) is 96.6 Å². The number of aliphatic hydroxyl groups is 3. The van der Waals surface area contributed by atoms with Crippen LogP contribution in [0.3, 0.4) is 0 Å². The van der Waals surface area contributed by atoms with Gasteiger partial charge < -0.3 is 35.4 Å². The maximum atomic E-state index is 12.4. The summed E-state index contributed by atoms with van der Waals surface area (Å²) in [6.07, 6.45) is 4.05. The molecule has 0 aromatic rings. The lowest BCUT2D eigenvalue weighted by molar-refractivity contribution is -0.159. The van der Waals surface area contributed by atoms with Gasteiger partial charge in [-0.1, -0.05) is 39.0 Å². The number of carbonyl (C=O) groups excluding carboxylic acids is 1. The smallest absolute Gasteiger partial charge is 0.308 e. The zero-order chi connectivity index (χ0) is 29.0. The lowest BCUT2D eigenvalue weighted by Gasteiger charge is -2.43. The highest BCUT2D eigenvalue weighted by molar-refractivity contribution is 5.75. The van der Waals surface area contributed by atoms with Crippen molar-refractivity contribution >= 4 is 23.9 Å². The normalized spacial score (nSPS) is 26.5. The quantitative estimate of drug-likeness (QED) is 0.187. The molecule has 0 saturated carbocycles. The van der Waals surface area contributed by atoms with E-state index in [4.69, 9.17) is 20.1 Å². The first-order chi connectivity index (χ1) is 17.7. The summed E-state index contributed by atoms with van der Waals surface area (Å²) in [5.41, 5.74) is 0.958. The molecule has 2 aliphatic rings. The third-order valence-corrected chi connectivity index (χ3v) is 7.00. The van der Waals surface area contributed by atoms with E-state index in [1.54, 1.807) is 0 Å². The van der Waals surface area contributed by atoms with Gasteiger partial charge in [-0.05, 0) is 43.1 Å². The van der Waals surface area contributed by atoms with Crippen LogP contribution in [-0.4, -0.2) is 78.9 Å². The van der Waals surface area contributed by atoms with Crippen molar-refractivity contribution in [1.82, 2.24) is 0 Å². The molecule has 2 rings (SSSR count). The predicted molar refractivity (Wildman–Crippen MR) is 136 cm³/mol. The molecule has 0 radical (unpaired) electrons. The number of aliphatic hydroxyl groups excluding tert-OH is 3. The van der Waals surface area contributed by atoms with Crippen LogP contribution in [0.5, 0.6) is 0 Å². The second-order valence-corrected chi connectivity index (χ2v) is 10.2. The maximum absolute atomic E-state index is 12.4. The Morgan fingerprint density at radius 3 is 2.16 bits per heavy atom. The number of aliphatic carboxylic acids is 3. The molecular weight excluding hydrogens is 500 g/mol. The molecule has 216 valence electrons. The number of ether oxygens (including phenoxy) is 1. The van der Waals surface area contributed by atoms with Gasteiger partial charge >= 0.3 is 23.9 Å². The number of carboxylic acids is 3. The first-order valence-electron chi connectivity index (χ1n) is 13.0. The first-order valence-corrected chi connectivity index (χ1v) is 13.0. The van der Waals surface area contributed by atoms with Crippen molar-refractivity contribution in [3.05, 3.63) is 23.8 Å². The Morgan fingerprint density at radius 2 is 1.63 bits per heavy atom. The highest BCUT2D eigenvalue weighted by Crippen LogP contribution is 2.44. The molecule has 0 heterocycles. The van der Waals surface area contributed by atoms with E-state index < -0.39 is 42.3 Å². The van der Waals surface area contributed by atoms with Gasteiger partial charge in [0.2, 0.25) is 0 Å². The standard InChI is InChI=1S/C23H36O7.C4H6O4/c1-4-13(2)23(29)30-20-11-17(25)9-15-6-5-14(3)19(22(15)20)8-7-16(24)10-18(26)12-21(27)28;5-3(6)1-2-4(7)8/h5-6,9,13-14,16-20,22,24-26H,4,7-8,10-12H2,1-3H3,(H,27,28);1-2H2,(H,5,6)(H,7,8)/t13?,14-,16?,17+,18?,19-,20-,22-;/m0./s1. The zero-order valence-corrected chi connectivity index (χ0v) is 22.2. The Morgan fingerprint density at radius 1 is 1.03 bits per heavy atom. The molecule has 0 amide bonds. The van der Waals surface area contributed by atoms with Crippen LogP contribution in [-0.2, 0) is 23.9 Å². The molecule has 6 N–H and O–H groups in total. The summed E-state index contributed by atoms with van der Waals surface area (Å²) >= 11 is 0. The van der Waals surface area contributed by atoms with E-state index in [0.717, 1.165) is 5.57 Å². The molecule has 0 aromatic carbocycles. The molecule has 11 nitrogen and oxygen atoms in total. The number of fused-ring (bicyclic) bond motifs is 1. The zero-order valence-electron chi connectivity index (χ0n) is 22.2. The van der Waals surface area contributed by atoms with Gasteiger partial charge in [0.1, 0.15) is 6.10 Å². The topological polar surface area (TPSA) is 199 Å². The molecule has 8 atom stereocenters. The van der Waals surface area contributed by atoms with E-state index in [1.807, 2.05) is 26.0 Å². The number of esters is 1. The fraction of sp³-hybridized carbons (Fsp3) is 0.704. The minimum absolute atomic E-state index is 0.0156. The van der Waals surface area contributed by atoms with Gasteiger partial charge in [0.25, 0.3) is 0 Å². The van der Waals surface area contributed by atoms with Gasteiger partial charge in [-0.2, -0.15) is 0 Å². The van der Waals surface area contributed by atoms with Gasteiger partial charge in [0.05, 0.1) is 43.5 Å². The van der Waals surface area contributed by atoms with Crippen molar-refractivity contribution in [3.8, 4) is 0 Å². The summed E-state index contributed by atoms with van der Waals surface area (Å²) in [4.78, 5) is 42.4. The van der Waals surface area contributed by atoms with E-state index in [1.165, 1.54) is 0 Å². The highest BCUT2D eigenvalue weighted by Gasteiger charge is 2.42. The maximum Gasteiger partial charge on any atom is 0.308 e. The Balaban J connectivity index is 0.000000781. The van der Waals surface area contributed by atoms with Gasteiger partial charge in [0, 0.05) is 12.3 Å². The molecule has 11 heteroatoms. The third-order valence-electron chi connectivity index (χ3n) is 7.00. The Bertz CT molecular complexity index is 851. The van der Waals surface area contributed by atoms with Crippen molar-refractivity contribution in [1.29, 1.82) is 0 Å². The lowest BCUT2D eigenvalue weighted by atomic mass is 9.66. The van der Waals surface area contributed by atoms with Crippen LogP contribution < -0.4 is 0 Å². The number of rotatable bonds is 13. The van der Waals surface area contributed by atoms with E-state index in [0.29, 0.717) is 25.7 Å². The van der Waals surface area contributed by atoms with Crippen LogP contribution in [0.15, 0.2) is 23.8 Å². The molecule has 0 aliphatic heterocycles. The summed E-state index contributed by atoms with van der Waals surface area (Å²) in [6, 6.07) is 0. The number of hydrogen-bond acceptors (Lipinski definition) is 8. The number of hydrogen-bond donors (Lipinski definition) is 6. The molecule has 3 unspecified atom stereocenters. The summed E-state index contributed by atoms with van der Waals surface area (Å²) in [5.74, 6) is -3.46. The average Bonchev–Trinajstić information content (AvgIpc) is 2.81. The van der Waals surface area contributed by atoms with E-state index >= 15 is 0 Å². The third kappa shape index (κ3) is 11.7. The summed E-state index contributed by atoms with van der Waals surface area (Å²) in [5, 5.41) is 54.9. The predicted octanol–water partition coefficient (Wildman–Crippen LogP) is 2.38. The average molecular weight is 543 g/mol. The molecule has 2 aliphatic carbocycles. The Labute approximate surface area is 222 Å². The number of carboxylic acid groups (broad SMARTS) is 3. The number of carbonyl (C=O) groups is 4. The molecule has 0 bridgehead atoms. The fourth-order valence-corrected chi connectivity index (χ4v) is 4.73. The molecule has 0 spiro atoms. The molecular formula is C27H42O11. The fourth-order valence-electron chi connectivity index (χ4n) is 4.73. The van der Waals surface area contributed by atoms with Crippen molar-refractivity contribution in [3.63, 3.8) is 0 Å². The van der Waals surface area contributed by atoms with Gasteiger partial charge in [0.15, 0.2) is 0 Å². The molecule has 0 aromatic heterocycles. The van der Waals surface area contributed by atoms with E-state index in [9.17, 15) is 34.5 Å². The second-order valence-electron chi connectivity index (χ2n) is 10.2. The first kappa shape index (κ1) is 33.3. The van der Waals surface area contributed by atoms with Crippen LogP contribution in [0, 0.1) is 23.7 Å². The molecule has 38 heavy (non-hydrogen) atoms. The van der Waals surface area contributed by atoms with Crippen LogP contribution >= 0.6 is 0 Å². The summed E-state index contributed by atoms with van der Waals surface area (Å²) in [7, 11) is 0. The van der Waals surface area contributed by atoms with Crippen LogP contribution in [0.4, 0.5) is 0 Å². The van der Waals surface area contributed by atoms with Gasteiger partial charge in [-0.25, -0.2) is 0 Å². The van der Waals surface area contributed by atoms with Crippen LogP contribution in [0.25, 0.3) is 0 Å². The monoisotopic (exact) mass is 542 g/mol. The van der Waals surface area contributed by atoms with Crippen LogP contribution in [0.1, 0.15) is 72.1 Å². The SMILES string of the molecule is CCC(C)C(=O)O[C@H]1C[C@H](O)C=C2C=C[C@H](C)[C@H](CCC(O)CC(O)CC(=O)O)[C@H]21.O=C(O)CCC(=O)O. The second kappa shape index (κ2) is 16.3. The van der Waals surface area contributed by atoms with Crippen molar-refractivity contribution in [2.24, 2.45) is 23.7 Å². The van der Waals surface area contributed by atoms with E-state index in [-0.39, 0.29) is 55.3 Å². The summed E-state index contributed by atoms with van der Waals surface area (Å²) in [6.45, 7) is 5.85. The van der Waals surface area contributed by atoms with Crippen LogP contribution in [0.2, 0.25) is 0 Å². The van der Waals surface area contributed by atoms with Crippen molar-refractivity contribution in [2.75, 3.05) is 0 Å². The number of allylic oxidation sites excluding steroid dienone is 2. The van der Waals surface area contributed by atoms with Gasteiger partial charge in [-0.15, -0.1) is 0 Å². The van der Waals surface area contributed by atoms with E-state index in [2.05, 4.69) is 13.0 Å². The van der Waals surface area contributed by atoms with Gasteiger partial charge in [-0.3, -0.25) is 19.2 Å². The minimum atomic E-state index is -1.10. The lowest BCUT2D eigenvalue weighted by Crippen LogP contribution is -2.43. The largest absolute Gasteiger partial charge is 0.481 e.